The van der Waals surface area contributed by atoms with Gasteiger partial charge in [-0.05, 0) is 24.1 Å². The Hall–Kier alpha value is -1.91. The Morgan fingerprint density at radius 2 is 2.36 bits per heavy atom. The SMILES string of the molecule is CCc1cc(C(=O)O)n2ncnc2c1. The molecule has 0 aliphatic heterocycles. The molecule has 0 unspecified atom stereocenters. The first kappa shape index (κ1) is 8.68. The summed E-state index contributed by atoms with van der Waals surface area (Å²) in [5.41, 5.74) is 1.67. The summed E-state index contributed by atoms with van der Waals surface area (Å²) >= 11 is 0. The number of carbonyl (C=O) groups is 1. The van der Waals surface area contributed by atoms with Crippen molar-refractivity contribution in [2.45, 2.75) is 13.3 Å². The lowest BCUT2D eigenvalue weighted by molar-refractivity contribution is 0.0687. The fraction of sp³-hybridized carbons (Fsp3) is 0.222. The average molecular weight is 191 g/mol. The number of rotatable bonds is 2. The number of carboxylic acid groups (broad SMARTS) is 1. The minimum absolute atomic E-state index is 0.150. The maximum atomic E-state index is 10.9. The minimum atomic E-state index is -0.990. The molecule has 72 valence electrons. The van der Waals surface area contributed by atoms with Gasteiger partial charge in [0.25, 0.3) is 0 Å². The number of aryl methyl sites for hydroxylation is 1. The number of carboxylic acids is 1. The van der Waals surface area contributed by atoms with Crippen LogP contribution in [0.3, 0.4) is 0 Å². The normalized spacial score (nSPS) is 10.6. The molecule has 2 aromatic heterocycles. The first-order valence-electron chi connectivity index (χ1n) is 4.28. The van der Waals surface area contributed by atoms with Crippen LogP contribution in [0.15, 0.2) is 18.5 Å². The van der Waals surface area contributed by atoms with Gasteiger partial charge in [0.15, 0.2) is 11.3 Å². The van der Waals surface area contributed by atoms with Gasteiger partial charge in [0, 0.05) is 0 Å². The number of aromatic nitrogens is 3. The maximum absolute atomic E-state index is 10.9. The van der Waals surface area contributed by atoms with Gasteiger partial charge in [0.1, 0.15) is 6.33 Å². The molecule has 0 saturated carbocycles. The Balaban J connectivity index is 2.76. The summed E-state index contributed by atoms with van der Waals surface area (Å²) < 4.78 is 1.32. The second-order valence-corrected chi connectivity index (χ2v) is 2.94. The Labute approximate surface area is 80.0 Å². The first-order valence-corrected chi connectivity index (χ1v) is 4.28. The molecule has 0 saturated heterocycles. The van der Waals surface area contributed by atoms with E-state index in [4.69, 9.17) is 5.11 Å². The third kappa shape index (κ3) is 1.22. The first-order chi connectivity index (χ1) is 6.72. The number of hydrogen-bond donors (Lipinski definition) is 1. The summed E-state index contributed by atoms with van der Waals surface area (Å²) in [4.78, 5) is 14.9. The van der Waals surface area contributed by atoms with Gasteiger partial charge in [-0.2, -0.15) is 5.10 Å². The molecule has 2 aromatic rings. The quantitative estimate of drug-likeness (QED) is 0.768. The molecular weight excluding hydrogens is 182 g/mol. The standard InChI is InChI=1S/C9H9N3O2/c1-2-6-3-7(9(13)14)12-8(4-6)10-5-11-12/h3-5H,2H2,1H3,(H,13,14). The predicted molar refractivity (Wildman–Crippen MR) is 49.3 cm³/mol. The molecule has 1 N–H and O–H groups in total. The molecule has 0 aromatic carbocycles. The lowest BCUT2D eigenvalue weighted by atomic mass is 10.2. The van der Waals surface area contributed by atoms with Crippen molar-refractivity contribution in [2.75, 3.05) is 0 Å². The van der Waals surface area contributed by atoms with Crippen molar-refractivity contribution in [3.8, 4) is 0 Å². The number of fused-ring (bicyclic) bond motifs is 1. The van der Waals surface area contributed by atoms with Crippen molar-refractivity contribution in [2.24, 2.45) is 0 Å². The van der Waals surface area contributed by atoms with E-state index in [0.29, 0.717) is 5.65 Å². The Kier molecular flexibility index (Phi) is 1.92. The molecule has 0 aliphatic carbocycles. The molecule has 0 aliphatic rings. The Bertz CT molecular complexity index is 490. The third-order valence-corrected chi connectivity index (χ3v) is 2.07. The van der Waals surface area contributed by atoms with Gasteiger partial charge in [0.2, 0.25) is 0 Å². The molecule has 0 amide bonds. The zero-order chi connectivity index (χ0) is 10.1. The van der Waals surface area contributed by atoms with E-state index < -0.39 is 5.97 Å². The maximum Gasteiger partial charge on any atom is 0.354 e. The van der Waals surface area contributed by atoms with E-state index in [1.807, 2.05) is 13.0 Å². The van der Waals surface area contributed by atoms with E-state index in [2.05, 4.69) is 10.1 Å². The minimum Gasteiger partial charge on any atom is -0.477 e. The lowest BCUT2D eigenvalue weighted by Crippen LogP contribution is -2.07. The van der Waals surface area contributed by atoms with E-state index in [1.54, 1.807) is 6.07 Å². The molecule has 5 heteroatoms. The lowest BCUT2D eigenvalue weighted by Gasteiger charge is -2.01. The topological polar surface area (TPSA) is 67.5 Å². The fourth-order valence-electron chi connectivity index (χ4n) is 1.34. The molecule has 0 fully saturated rings. The van der Waals surface area contributed by atoms with Gasteiger partial charge in [0.05, 0.1) is 0 Å². The van der Waals surface area contributed by atoms with Gasteiger partial charge in [-0.15, -0.1) is 0 Å². The van der Waals surface area contributed by atoms with Crippen LogP contribution in [0, 0.1) is 0 Å². The van der Waals surface area contributed by atoms with Gasteiger partial charge >= 0.3 is 5.97 Å². The van der Waals surface area contributed by atoms with Crippen LogP contribution in [-0.2, 0) is 6.42 Å². The fourth-order valence-corrected chi connectivity index (χ4v) is 1.34. The van der Waals surface area contributed by atoms with Crippen LogP contribution in [0.4, 0.5) is 0 Å². The highest BCUT2D eigenvalue weighted by molar-refractivity contribution is 5.86. The Morgan fingerprint density at radius 1 is 1.57 bits per heavy atom. The summed E-state index contributed by atoms with van der Waals surface area (Å²) in [6.07, 6.45) is 2.13. The Morgan fingerprint density at radius 3 is 3.00 bits per heavy atom. The van der Waals surface area contributed by atoms with Crippen LogP contribution in [0.2, 0.25) is 0 Å². The van der Waals surface area contributed by atoms with Crippen LogP contribution in [0.25, 0.3) is 5.65 Å². The van der Waals surface area contributed by atoms with Gasteiger partial charge in [-0.3, -0.25) is 0 Å². The third-order valence-electron chi connectivity index (χ3n) is 2.07. The van der Waals surface area contributed by atoms with Crippen LogP contribution in [0.1, 0.15) is 23.0 Å². The van der Waals surface area contributed by atoms with Gasteiger partial charge < -0.3 is 5.11 Å². The zero-order valence-electron chi connectivity index (χ0n) is 7.64. The molecular formula is C9H9N3O2. The van der Waals surface area contributed by atoms with Crippen LogP contribution < -0.4 is 0 Å². The highest BCUT2D eigenvalue weighted by Crippen LogP contribution is 2.09. The molecule has 5 nitrogen and oxygen atoms in total. The molecule has 0 bridgehead atoms. The largest absolute Gasteiger partial charge is 0.477 e. The summed E-state index contributed by atoms with van der Waals surface area (Å²) in [5, 5.41) is 12.8. The van der Waals surface area contributed by atoms with Crippen LogP contribution in [-0.4, -0.2) is 25.7 Å². The van der Waals surface area contributed by atoms with E-state index in [1.165, 1.54) is 10.8 Å². The van der Waals surface area contributed by atoms with Crippen molar-refractivity contribution in [3.05, 3.63) is 29.7 Å². The van der Waals surface area contributed by atoms with E-state index in [-0.39, 0.29) is 5.69 Å². The molecule has 0 radical (unpaired) electrons. The van der Waals surface area contributed by atoms with E-state index in [9.17, 15) is 4.79 Å². The van der Waals surface area contributed by atoms with Crippen LogP contribution >= 0.6 is 0 Å². The van der Waals surface area contributed by atoms with Crippen molar-refractivity contribution in [3.63, 3.8) is 0 Å². The number of pyridine rings is 1. The number of hydrogen-bond acceptors (Lipinski definition) is 3. The second kappa shape index (κ2) is 3.10. The smallest absolute Gasteiger partial charge is 0.354 e. The van der Waals surface area contributed by atoms with Gasteiger partial charge in [-0.1, -0.05) is 6.92 Å². The second-order valence-electron chi connectivity index (χ2n) is 2.94. The molecule has 14 heavy (non-hydrogen) atoms. The summed E-state index contributed by atoms with van der Waals surface area (Å²) in [7, 11) is 0. The molecule has 0 spiro atoms. The van der Waals surface area contributed by atoms with E-state index in [0.717, 1.165) is 12.0 Å². The number of nitrogens with zero attached hydrogens (tertiary/aromatic N) is 3. The van der Waals surface area contributed by atoms with Crippen LogP contribution in [0.5, 0.6) is 0 Å². The molecule has 2 heterocycles. The van der Waals surface area contributed by atoms with Crippen molar-refractivity contribution < 1.29 is 9.90 Å². The average Bonchev–Trinajstić information content (AvgIpc) is 2.63. The van der Waals surface area contributed by atoms with Crippen molar-refractivity contribution in [1.29, 1.82) is 0 Å². The van der Waals surface area contributed by atoms with Gasteiger partial charge in [-0.25, -0.2) is 14.3 Å². The highest BCUT2D eigenvalue weighted by atomic mass is 16.4. The monoisotopic (exact) mass is 191 g/mol. The molecule has 0 atom stereocenters. The van der Waals surface area contributed by atoms with E-state index >= 15 is 0 Å². The number of aromatic carboxylic acids is 1. The molecule has 2 rings (SSSR count). The van der Waals surface area contributed by atoms with Crippen molar-refractivity contribution >= 4 is 11.6 Å². The zero-order valence-corrected chi connectivity index (χ0v) is 7.64. The summed E-state index contributed by atoms with van der Waals surface area (Å²) in [5.74, 6) is -0.990. The highest BCUT2D eigenvalue weighted by Gasteiger charge is 2.10. The predicted octanol–water partition coefficient (Wildman–Crippen LogP) is 0.990. The summed E-state index contributed by atoms with van der Waals surface area (Å²) in [6, 6.07) is 3.45. The van der Waals surface area contributed by atoms with Crippen molar-refractivity contribution in [1.82, 2.24) is 14.6 Å². The summed E-state index contributed by atoms with van der Waals surface area (Å²) in [6.45, 7) is 1.97.